The van der Waals surface area contributed by atoms with Gasteiger partial charge in [-0.3, -0.25) is 0 Å². The quantitative estimate of drug-likeness (QED) is 0.107. The molecule has 4 heterocycles. The van der Waals surface area contributed by atoms with Crippen molar-refractivity contribution in [3.05, 3.63) is 190 Å². The summed E-state index contributed by atoms with van der Waals surface area (Å²) < 4.78 is 21.2. The lowest BCUT2D eigenvalue weighted by atomic mass is 10.1. The third-order valence-electron chi connectivity index (χ3n) is 9.50. The molecule has 0 radical (unpaired) electrons. The summed E-state index contributed by atoms with van der Waals surface area (Å²) in [5, 5.41) is 27.4. The van der Waals surface area contributed by atoms with E-state index in [4.69, 9.17) is 4.74 Å². The Hall–Kier alpha value is -7.65. The predicted molar refractivity (Wildman–Crippen MR) is 242 cm³/mol. The van der Waals surface area contributed by atoms with Gasteiger partial charge in [0, 0.05) is 25.5 Å². The minimum Gasteiger partial charge on any atom is -0.457 e. The van der Waals surface area contributed by atoms with E-state index in [1.54, 1.807) is 30.6 Å². The van der Waals surface area contributed by atoms with E-state index in [0.717, 1.165) is 48.9 Å². The maximum Gasteiger partial charge on any atom is 0.222 e. The number of benzene rings is 5. The molecule has 0 bridgehead atoms. The molecule has 304 valence electrons. The molecule has 9 aromatic rings. The molecule has 9 rings (SSSR count). The van der Waals surface area contributed by atoms with Gasteiger partial charge in [0.15, 0.2) is 0 Å². The highest BCUT2D eigenvalue weighted by atomic mass is 32.1. The molecule has 0 saturated carbocycles. The van der Waals surface area contributed by atoms with Crippen LogP contribution in [-0.2, 0) is 12.8 Å². The van der Waals surface area contributed by atoms with E-state index in [2.05, 4.69) is 64.8 Å². The molecule has 0 fully saturated rings. The highest BCUT2D eigenvalue weighted by Crippen LogP contribution is 2.32. The van der Waals surface area contributed by atoms with Gasteiger partial charge in [-0.15, -0.1) is 22.7 Å². The number of nitriles is 2. The number of rotatable bonds is 14. The molecule has 62 heavy (non-hydrogen) atoms. The van der Waals surface area contributed by atoms with Crippen molar-refractivity contribution in [1.29, 1.82) is 10.5 Å². The number of nitrogens with zero attached hydrogens (tertiary/aromatic N) is 8. The van der Waals surface area contributed by atoms with Crippen molar-refractivity contribution in [1.82, 2.24) is 29.9 Å². The second-order valence-corrected chi connectivity index (χ2v) is 15.9. The van der Waals surface area contributed by atoms with E-state index in [0.29, 0.717) is 47.8 Å². The normalized spacial score (nSPS) is 11.7. The van der Waals surface area contributed by atoms with Crippen molar-refractivity contribution in [2.24, 2.45) is 0 Å². The number of fused-ring (bicyclic) bond motifs is 2. The van der Waals surface area contributed by atoms with Gasteiger partial charge in [0.25, 0.3) is 0 Å². The molecule has 0 aliphatic carbocycles. The molecule has 4 aromatic heterocycles. The van der Waals surface area contributed by atoms with E-state index in [1.807, 2.05) is 97.1 Å². The van der Waals surface area contributed by atoms with Gasteiger partial charge in [-0.25, -0.2) is 34.3 Å². The number of anilines is 2. The van der Waals surface area contributed by atoms with Crippen molar-refractivity contribution in [2.75, 3.05) is 23.7 Å². The third-order valence-corrected chi connectivity index (χ3v) is 11.7. The maximum atomic E-state index is 13.3. The molecular weight excluding hydrogens is 816 g/mol. The van der Waals surface area contributed by atoms with Crippen molar-refractivity contribution >= 4 is 55.0 Å². The smallest absolute Gasteiger partial charge is 0.222 e. The Balaban J connectivity index is 0.000000174. The zero-order valence-corrected chi connectivity index (χ0v) is 34.7. The fraction of sp³-hybridized carbons (Fsp3) is 0.125. The van der Waals surface area contributed by atoms with Gasteiger partial charge < -0.3 is 15.4 Å². The van der Waals surface area contributed by atoms with Crippen LogP contribution < -0.4 is 15.4 Å². The summed E-state index contributed by atoms with van der Waals surface area (Å²) in [4.78, 5) is 26.8. The first-order valence-electron chi connectivity index (χ1n) is 19.7. The minimum absolute atomic E-state index is 0.247. The Morgan fingerprint density at radius 1 is 0.548 bits per heavy atom. The summed E-state index contributed by atoms with van der Waals surface area (Å²) in [6.45, 7) is 1.23. The lowest BCUT2D eigenvalue weighted by Gasteiger charge is -2.09. The molecule has 0 saturated heterocycles. The number of nitrogens with one attached hydrogen (secondary N) is 2. The molecule has 0 aliphatic heterocycles. The number of para-hydroxylation sites is 3. The molecule has 2 N–H and O–H groups in total. The summed E-state index contributed by atoms with van der Waals surface area (Å²) in [6.07, 6.45) is 4.76. The van der Waals surface area contributed by atoms with E-state index in [9.17, 15) is 14.9 Å². The third kappa shape index (κ3) is 10.6. The zero-order chi connectivity index (χ0) is 42.5. The molecule has 0 aliphatic rings. The van der Waals surface area contributed by atoms with Crippen LogP contribution in [0, 0.1) is 28.5 Å². The summed E-state index contributed by atoms with van der Waals surface area (Å²) >= 11 is 3.02. The van der Waals surface area contributed by atoms with Crippen molar-refractivity contribution in [3.8, 4) is 23.6 Å². The number of aromatic nitrogens is 6. The van der Waals surface area contributed by atoms with Crippen LogP contribution in [0.2, 0.25) is 0 Å². The van der Waals surface area contributed by atoms with Crippen molar-refractivity contribution in [3.63, 3.8) is 0 Å². The average molecular weight is 853 g/mol. The fourth-order valence-corrected chi connectivity index (χ4v) is 8.49. The molecule has 2 unspecified atom stereocenters. The Morgan fingerprint density at radius 2 is 1.06 bits per heavy atom. The summed E-state index contributed by atoms with van der Waals surface area (Å²) in [5.41, 5.74) is 5.09. The van der Waals surface area contributed by atoms with E-state index in [-0.39, 0.29) is 5.82 Å². The second kappa shape index (κ2) is 20.1. The molecular formula is C48H37FN10OS2. The van der Waals surface area contributed by atoms with Crippen LogP contribution in [0.25, 0.3) is 20.4 Å². The lowest BCUT2D eigenvalue weighted by Crippen LogP contribution is -2.10. The van der Waals surface area contributed by atoms with Crippen LogP contribution in [-0.4, -0.2) is 43.0 Å². The number of thiazole rings is 2. The SMILES string of the molecule is N#CC(c1ccnc(NCCc2ccc(Oc3ccccc3)cc2)n1)c1nc2ccccc2s1.N#CC(c1ccnc(NCCc2cccc(F)c2)n1)c1nc2ccccc2s1. The van der Waals surface area contributed by atoms with Crippen molar-refractivity contribution in [2.45, 2.75) is 24.7 Å². The molecule has 5 aromatic carbocycles. The van der Waals surface area contributed by atoms with E-state index in [1.165, 1.54) is 40.4 Å². The van der Waals surface area contributed by atoms with Gasteiger partial charge in [0.1, 0.15) is 39.2 Å². The van der Waals surface area contributed by atoms with Crippen LogP contribution in [0.1, 0.15) is 44.4 Å². The molecule has 2 atom stereocenters. The largest absolute Gasteiger partial charge is 0.457 e. The fourth-order valence-electron chi connectivity index (χ4n) is 6.44. The number of hydrogen-bond acceptors (Lipinski definition) is 13. The first kappa shape index (κ1) is 41.1. The maximum absolute atomic E-state index is 13.3. The first-order chi connectivity index (χ1) is 30.5. The van der Waals surface area contributed by atoms with Gasteiger partial charge in [-0.1, -0.05) is 66.7 Å². The van der Waals surface area contributed by atoms with Crippen LogP contribution in [0.15, 0.2) is 152 Å². The summed E-state index contributed by atoms with van der Waals surface area (Å²) in [6, 6.07) is 48.1. The summed E-state index contributed by atoms with van der Waals surface area (Å²) in [7, 11) is 0. The van der Waals surface area contributed by atoms with Crippen molar-refractivity contribution < 1.29 is 9.13 Å². The van der Waals surface area contributed by atoms with E-state index < -0.39 is 11.8 Å². The van der Waals surface area contributed by atoms with Crippen LogP contribution in [0.5, 0.6) is 11.5 Å². The van der Waals surface area contributed by atoms with Gasteiger partial charge in [-0.2, -0.15) is 10.5 Å². The summed E-state index contributed by atoms with van der Waals surface area (Å²) in [5.74, 6) is 1.23. The predicted octanol–water partition coefficient (Wildman–Crippen LogP) is 10.7. The Labute approximate surface area is 365 Å². The Morgan fingerprint density at radius 3 is 1.60 bits per heavy atom. The van der Waals surface area contributed by atoms with Gasteiger partial charge >= 0.3 is 0 Å². The van der Waals surface area contributed by atoms with Crippen LogP contribution in [0.3, 0.4) is 0 Å². The second-order valence-electron chi connectivity index (χ2n) is 13.8. The molecule has 0 spiro atoms. The van der Waals surface area contributed by atoms with Gasteiger partial charge in [-0.05, 0) is 96.8 Å². The van der Waals surface area contributed by atoms with Gasteiger partial charge in [0.2, 0.25) is 11.9 Å². The first-order valence-corrected chi connectivity index (χ1v) is 21.3. The minimum atomic E-state index is -0.552. The number of ether oxygens (including phenoxy) is 1. The Kier molecular flexibility index (Phi) is 13.3. The van der Waals surface area contributed by atoms with Crippen LogP contribution in [0.4, 0.5) is 16.3 Å². The molecule has 0 amide bonds. The average Bonchev–Trinajstić information content (AvgIpc) is 3.93. The zero-order valence-electron chi connectivity index (χ0n) is 33.1. The molecule has 11 nitrogen and oxygen atoms in total. The number of hydrogen-bond donors (Lipinski definition) is 2. The molecule has 14 heteroatoms. The standard InChI is InChI=1S/C27H21N5OS.C21H16FN5S/c28-18-22(26-31-24-8-4-5-9-25(24)34-26)23-15-17-30-27(32-23)29-16-14-19-10-12-21(13-11-19)33-20-6-2-1-3-7-20;22-15-5-3-4-14(12-15)8-10-24-21-25-11-9-17(27-21)16(13-23)20-26-18-6-1-2-7-19(18)28-20/h1-13,15,17,22H,14,16H2,(H,29,30,32);1-7,9,11-12,16H,8,10H2,(H,24,25,27). The van der Waals surface area contributed by atoms with Gasteiger partial charge in [0.05, 0.1) is 44.0 Å². The highest BCUT2D eigenvalue weighted by Gasteiger charge is 2.21. The van der Waals surface area contributed by atoms with E-state index >= 15 is 0 Å². The Bertz CT molecular complexity index is 2920. The highest BCUT2D eigenvalue weighted by molar-refractivity contribution is 7.19. The lowest BCUT2D eigenvalue weighted by molar-refractivity contribution is 0.482. The monoisotopic (exact) mass is 852 g/mol. The number of halogens is 1. The topological polar surface area (TPSA) is 158 Å². The van der Waals surface area contributed by atoms with Crippen LogP contribution >= 0.6 is 22.7 Å².